The van der Waals surface area contributed by atoms with E-state index in [9.17, 15) is 4.39 Å². The van der Waals surface area contributed by atoms with Crippen molar-refractivity contribution in [2.75, 3.05) is 13.2 Å². The Balaban J connectivity index is 1.45. The highest BCUT2D eigenvalue weighted by Crippen LogP contribution is 2.31. The molecule has 1 aliphatic heterocycles. The topological polar surface area (TPSA) is 63.5 Å². The first-order valence-corrected chi connectivity index (χ1v) is 10.7. The lowest BCUT2D eigenvalue weighted by atomic mass is 9.99. The molecule has 0 bridgehead atoms. The zero-order valence-corrected chi connectivity index (χ0v) is 17.5. The zero-order chi connectivity index (χ0) is 20.4. The van der Waals surface area contributed by atoms with E-state index in [1.165, 1.54) is 30.3 Å². The number of ether oxygens (including phenoxy) is 1. The quantitative estimate of drug-likeness (QED) is 0.226. The summed E-state index contributed by atoms with van der Waals surface area (Å²) >= 11 is 1.52. The van der Waals surface area contributed by atoms with E-state index in [0.717, 1.165) is 23.4 Å². The number of fused-ring (bicyclic) bond motifs is 1. The highest BCUT2D eigenvalue weighted by molar-refractivity contribution is 7.07. The van der Waals surface area contributed by atoms with Crippen molar-refractivity contribution in [1.29, 1.82) is 0 Å². The van der Waals surface area contributed by atoms with Crippen LogP contribution in [-0.4, -0.2) is 38.8 Å². The molecule has 0 radical (unpaired) electrons. The number of allylic oxidation sites excluding steroid dienone is 1. The van der Waals surface area contributed by atoms with Crippen LogP contribution in [0.25, 0.3) is 11.5 Å². The molecule has 0 spiro atoms. The summed E-state index contributed by atoms with van der Waals surface area (Å²) in [4.78, 5) is 19.6. The maximum absolute atomic E-state index is 14.3. The fourth-order valence-electron chi connectivity index (χ4n) is 3.39. The first-order valence-electron chi connectivity index (χ1n) is 9.76. The standard InChI is InChI=1S/C21H24FN5OS/c1-13(28-10-16-4-5-16)8-20(22)25-15(3)27-7-6-18-17(14(27)2)9-23-21(26-18)19-11-29-12-24-19/h8-9,11-12,14,16H,1,4-7,10H2,2-3H3/b20-8-,25-15+. The number of aromatic nitrogens is 3. The number of thiazole rings is 1. The molecule has 0 amide bonds. The Hall–Kier alpha value is -2.61. The normalized spacial score (nSPS) is 19.8. The van der Waals surface area contributed by atoms with Gasteiger partial charge in [0.05, 0.1) is 23.9 Å². The van der Waals surface area contributed by atoms with Crippen molar-refractivity contribution in [2.45, 2.75) is 39.2 Å². The highest BCUT2D eigenvalue weighted by atomic mass is 32.1. The summed E-state index contributed by atoms with van der Waals surface area (Å²) in [5, 5.41) is 1.94. The second-order valence-electron chi connectivity index (χ2n) is 7.44. The largest absolute Gasteiger partial charge is 0.494 e. The molecule has 0 N–H and O–H groups in total. The number of rotatable bonds is 6. The first-order chi connectivity index (χ1) is 14.0. The molecule has 1 fully saturated rings. The average Bonchev–Trinajstić information content (AvgIpc) is 3.37. The van der Waals surface area contributed by atoms with Gasteiger partial charge >= 0.3 is 0 Å². The van der Waals surface area contributed by atoms with Gasteiger partial charge in [0.2, 0.25) is 5.95 Å². The molecule has 152 valence electrons. The smallest absolute Gasteiger partial charge is 0.218 e. The third-order valence-electron chi connectivity index (χ3n) is 5.23. The van der Waals surface area contributed by atoms with E-state index in [4.69, 9.17) is 9.72 Å². The second-order valence-corrected chi connectivity index (χ2v) is 8.15. The molecule has 2 aromatic rings. The number of hydrogen-bond acceptors (Lipinski definition) is 6. The Morgan fingerprint density at radius 3 is 3.00 bits per heavy atom. The lowest BCUT2D eigenvalue weighted by Gasteiger charge is -2.35. The van der Waals surface area contributed by atoms with E-state index < -0.39 is 5.95 Å². The van der Waals surface area contributed by atoms with Crippen LogP contribution in [0, 0.1) is 5.92 Å². The minimum atomic E-state index is -0.601. The van der Waals surface area contributed by atoms with Gasteiger partial charge in [0.15, 0.2) is 5.82 Å². The summed E-state index contributed by atoms with van der Waals surface area (Å²) in [6, 6.07) is 0.00843. The number of hydrogen-bond donors (Lipinski definition) is 0. The van der Waals surface area contributed by atoms with Gasteiger partial charge in [-0.2, -0.15) is 4.39 Å². The van der Waals surface area contributed by atoms with Gasteiger partial charge in [-0.15, -0.1) is 11.3 Å². The molecule has 4 rings (SSSR count). The summed E-state index contributed by atoms with van der Waals surface area (Å²) in [6.45, 7) is 8.93. The number of aliphatic imine (C=N–C) groups is 1. The van der Waals surface area contributed by atoms with Gasteiger partial charge in [0, 0.05) is 36.2 Å². The van der Waals surface area contributed by atoms with Crippen LogP contribution >= 0.6 is 11.3 Å². The van der Waals surface area contributed by atoms with Gasteiger partial charge in [-0.1, -0.05) is 6.58 Å². The molecule has 1 unspecified atom stereocenters. The predicted octanol–water partition coefficient (Wildman–Crippen LogP) is 4.69. The van der Waals surface area contributed by atoms with E-state index in [-0.39, 0.29) is 6.04 Å². The summed E-state index contributed by atoms with van der Waals surface area (Å²) in [6.07, 6.45) is 6.20. The van der Waals surface area contributed by atoms with Gasteiger partial charge in [-0.05, 0) is 32.6 Å². The molecule has 1 saturated carbocycles. The van der Waals surface area contributed by atoms with Crippen LogP contribution in [0.2, 0.25) is 0 Å². The molecule has 1 atom stereocenters. The van der Waals surface area contributed by atoms with Crippen molar-refractivity contribution in [3.8, 4) is 11.5 Å². The summed E-state index contributed by atoms with van der Waals surface area (Å²) in [5.41, 5.74) is 4.61. The van der Waals surface area contributed by atoms with Gasteiger partial charge in [-0.3, -0.25) is 0 Å². The summed E-state index contributed by atoms with van der Waals surface area (Å²) in [5.74, 6) is 1.56. The number of nitrogens with zero attached hydrogens (tertiary/aromatic N) is 5. The van der Waals surface area contributed by atoms with Crippen molar-refractivity contribution in [2.24, 2.45) is 10.9 Å². The van der Waals surface area contributed by atoms with E-state index in [2.05, 4.69) is 33.4 Å². The SMILES string of the molecule is C=C(/C=C(F)\N=C(/C)N1CCc2nc(-c3cscn3)ncc2C1C)OCC1CC1. The molecular weight excluding hydrogens is 389 g/mol. The molecule has 1 aliphatic carbocycles. The number of halogens is 1. The fourth-order valence-corrected chi connectivity index (χ4v) is 3.92. The maximum Gasteiger partial charge on any atom is 0.218 e. The lowest BCUT2D eigenvalue weighted by Crippen LogP contribution is -2.38. The van der Waals surface area contributed by atoms with Crippen molar-refractivity contribution < 1.29 is 9.13 Å². The Bertz CT molecular complexity index is 952. The van der Waals surface area contributed by atoms with Gasteiger partial charge in [-0.25, -0.2) is 19.9 Å². The highest BCUT2D eigenvalue weighted by Gasteiger charge is 2.27. The summed E-state index contributed by atoms with van der Waals surface area (Å²) < 4.78 is 19.8. The Kier molecular flexibility index (Phi) is 5.71. The van der Waals surface area contributed by atoms with Crippen LogP contribution in [0.1, 0.15) is 44.0 Å². The molecule has 0 aromatic carbocycles. The Labute approximate surface area is 173 Å². The van der Waals surface area contributed by atoms with Crippen molar-refractivity contribution in [3.63, 3.8) is 0 Å². The fraction of sp³-hybridized carbons (Fsp3) is 0.429. The van der Waals surface area contributed by atoms with Crippen LogP contribution in [0.4, 0.5) is 4.39 Å². The monoisotopic (exact) mass is 413 g/mol. The van der Waals surface area contributed by atoms with Gasteiger partial charge in [0.1, 0.15) is 17.3 Å². The van der Waals surface area contributed by atoms with E-state index >= 15 is 0 Å². The van der Waals surface area contributed by atoms with Crippen LogP contribution in [-0.2, 0) is 11.2 Å². The summed E-state index contributed by atoms with van der Waals surface area (Å²) in [7, 11) is 0. The third-order valence-corrected chi connectivity index (χ3v) is 5.82. The maximum atomic E-state index is 14.3. The molecule has 3 heterocycles. The van der Waals surface area contributed by atoms with Crippen LogP contribution in [0.15, 0.2) is 46.4 Å². The Morgan fingerprint density at radius 1 is 1.45 bits per heavy atom. The van der Waals surface area contributed by atoms with E-state index in [1.54, 1.807) is 5.51 Å². The zero-order valence-electron chi connectivity index (χ0n) is 16.6. The minimum absolute atomic E-state index is 0.00843. The molecular formula is C21H24FN5OS. The van der Waals surface area contributed by atoms with Gasteiger partial charge in [0.25, 0.3) is 0 Å². The molecule has 0 saturated heterocycles. The van der Waals surface area contributed by atoms with E-state index in [0.29, 0.717) is 36.5 Å². The minimum Gasteiger partial charge on any atom is -0.494 e. The second kappa shape index (κ2) is 8.41. The van der Waals surface area contributed by atoms with E-state index in [1.807, 2.05) is 18.5 Å². The van der Waals surface area contributed by atoms with Gasteiger partial charge < -0.3 is 9.64 Å². The Morgan fingerprint density at radius 2 is 2.28 bits per heavy atom. The van der Waals surface area contributed by atoms with Crippen LogP contribution < -0.4 is 0 Å². The molecule has 8 heteroatoms. The predicted molar refractivity (Wildman–Crippen MR) is 112 cm³/mol. The van der Waals surface area contributed by atoms with Crippen molar-refractivity contribution in [3.05, 3.63) is 52.7 Å². The van der Waals surface area contributed by atoms with Crippen molar-refractivity contribution in [1.82, 2.24) is 19.9 Å². The lowest BCUT2D eigenvalue weighted by molar-refractivity contribution is 0.211. The molecule has 2 aliphatic rings. The molecule has 6 nitrogen and oxygen atoms in total. The number of amidine groups is 1. The molecule has 2 aromatic heterocycles. The average molecular weight is 414 g/mol. The van der Waals surface area contributed by atoms with Crippen molar-refractivity contribution >= 4 is 17.2 Å². The first kappa shape index (κ1) is 19.7. The van der Waals surface area contributed by atoms with Crippen LogP contribution in [0.5, 0.6) is 0 Å². The molecule has 29 heavy (non-hydrogen) atoms. The van der Waals surface area contributed by atoms with Crippen LogP contribution in [0.3, 0.4) is 0 Å². The third kappa shape index (κ3) is 4.70.